The Balaban J connectivity index is 2.30. The van der Waals surface area contributed by atoms with Crippen LogP contribution >= 0.6 is 0 Å². The molecule has 2 rings (SSSR count). The van der Waals surface area contributed by atoms with Crippen LogP contribution < -0.4 is 5.32 Å². The Morgan fingerprint density at radius 2 is 1.85 bits per heavy atom. The van der Waals surface area contributed by atoms with Gasteiger partial charge in [-0.05, 0) is 30.0 Å². The molecule has 0 aliphatic heterocycles. The van der Waals surface area contributed by atoms with E-state index >= 15 is 0 Å². The molecule has 0 saturated heterocycles. The Kier molecular flexibility index (Phi) is 4.37. The Morgan fingerprint density at radius 3 is 2.40 bits per heavy atom. The fraction of sp³-hybridized carbons (Fsp3) is 0.294. The minimum atomic E-state index is 0.563. The van der Waals surface area contributed by atoms with Gasteiger partial charge in [-0.15, -0.1) is 0 Å². The summed E-state index contributed by atoms with van der Waals surface area (Å²) in [4.78, 5) is 4.49. The average Bonchev–Trinajstić information content (AvgIpc) is 2.46. The lowest BCUT2D eigenvalue weighted by Crippen LogP contribution is -1.98. The summed E-state index contributed by atoms with van der Waals surface area (Å²) in [5.74, 6) is 1.28. The van der Waals surface area contributed by atoms with Crippen LogP contribution in [-0.2, 0) is 6.42 Å². The monoisotopic (exact) mass is 265 g/mol. The van der Waals surface area contributed by atoms with E-state index in [9.17, 15) is 0 Å². The second-order valence-corrected chi connectivity index (χ2v) is 5.25. The first-order valence-electron chi connectivity index (χ1n) is 6.82. The topological polar surface area (TPSA) is 48.7 Å². The average molecular weight is 265 g/mol. The standard InChI is InChI=1S/C17H19N3/c1-12(2)10-13-4-6-14(7-5-13)16-9-8-15(11-18)17(19-3)20-16/h4-9,12H,10H2,1-3H3,(H,19,20). The zero-order chi connectivity index (χ0) is 14.5. The summed E-state index contributed by atoms with van der Waals surface area (Å²) in [7, 11) is 1.78. The van der Waals surface area contributed by atoms with Crippen LogP contribution in [0.5, 0.6) is 0 Å². The Hall–Kier alpha value is -2.34. The van der Waals surface area contributed by atoms with Crippen LogP contribution in [0.25, 0.3) is 11.3 Å². The van der Waals surface area contributed by atoms with Crippen LogP contribution in [0.4, 0.5) is 5.82 Å². The van der Waals surface area contributed by atoms with E-state index < -0.39 is 0 Å². The highest BCUT2D eigenvalue weighted by Gasteiger charge is 2.06. The van der Waals surface area contributed by atoms with Gasteiger partial charge in [0.1, 0.15) is 11.9 Å². The Labute approximate surface area is 120 Å². The number of anilines is 1. The number of pyridine rings is 1. The molecule has 102 valence electrons. The van der Waals surface area contributed by atoms with E-state index in [0.717, 1.165) is 17.7 Å². The van der Waals surface area contributed by atoms with Crippen molar-refractivity contribution in [3.8, 4) is 17.3 Å². The summed E-state index contributed by atoms with van der Waals surface area (Å²) in [6.07, 6.45) is 1.09. The lowest BCUT2D eigenvalue weighted by Gasteiger charge is -2.08. The summed E-state index contributed by atoms with van der Waals surface area (Å²) in [5.41, 5.74) is 3.85. The molecule has 0 aliphatic carbocycles. The van der Waals surface area contributed by atoms with E-state index in [1.807, 2.05) is 6.07 Å². The predicted octanol–water partition coefficient (Wildman–Crippen LogP) is 3.86. The number of benzene rings is 1. The molecule has 0 fully saturated rings. The molecule has 1 aromatic carbocycles. The molecular weight excluding hydrogens is 246 g/mol. The summed E-state index contributed by atoms with van der Waals surface area (Å²) in [5, 5.41) is 12.0. The second-order valence-electron chi connectivity index (χ2n) is 5.25. The molecule has 0 radical (unpaired) electrons. The van der Waals surface area contributed by atoms with Gasteiger partial charge in [0.05, 0.1) is 11.3 Å². The Morgan fingerprint density at radius 1 is 1.15 bits per heavy atom. The van der Waals surface area contributed by atoms with Crippen LogP contribution in [0.1, 0.15) is 25.0 Å². The summed E-state index contributed by atoms with van der Waals surface area (Å²) < 4.78 is 0. The number of nitrogens with zero attached hydrogens (tertiary/aromatic N) is 2. The van der Waals surface area contributed by atoms with Crippen molar-refractivity contribution >= 4 is 5.82 Å². The summed E-state index contributed by atoms with van der Waals surface area (Å²) in [6.45, 7) is 4.44. The summed E-state index contributed by atoms with van der Waals surface area (Å²) >= 11 is 0. The number of aromatic nitrogens is 1. The molecule has 0 bridgehead atoms. The van der Waals surface area contributed by atoms with E-state index in [1.165, 1.54) is 5.56 Å². The zero-order valence-corrected chi connectivity index (χ0v) is 12.1. The number of hydrogen-bond donors (Lipinski definition) is 1. The largest absolute Gasteiger partial charge is 0.372 e. The molecule has 0 atom stereocenters. The highest BCUT2D eigenvalue weighted by molar-refractivity contribution is 5.64. The minimum Gasteiger partial charge on any atom is -0.372 e. The number of rotatable bonds is 4. The van der Waals surface area contributed by atoms with Crippen molar-refractivity contribution in [2.75, 3.05) is 12.4 Å². The number of hydrogen-bond acceptors (Lipinski definition) is 3. The molecule has 3 heteroatoms. The fourth-order valence-electron chi connectivity index (χ4n) is 2.18. The minimum absolute atomic E-state index is 0.563. The smallest absolute Gasteiger partial charge is 0.144 e. The van der Waals surface area contributed by atoms with E-state index in [-0.39, 0.29) is 0 Å². The fourth-order valence-corrected chi connectivity index (χ4v) is 2.18. The maximum Gasteiger partial charge on any atom is 0.144 e. The number of nitrogens with one attached hydrogen (secondary N) is 1. The Bertz CT molecular complexity index is 622. The molecule has 2 aromatic rings. The van der Waals surface area contributed by atoms with Gasteiger partial charge in [-0.25, -0.2) is 4.98 Å². The third kappa shape index (κ3) is 3.16. The van der Waals surface area contributed by atoms with Crippen molar-refractivity contribution in [3.05, 3.63) is 47.5 Å². The third-order valence-corrected chi connectivity index (χ3v) is 3.15. The van der Waals surface area contributed by atoms with Crippen molar-refractivity contribution in [1.82, 2.24) is 4.98 Å². The van der Waals surface area contributed by atoms with Crippen LogP contribution in [0.15, 0.2) is 36.4 Å². The van der Waals surface area contributed by atoms with Crippen LogP contribution in [0, 0.1) is 17.2 Å². The predicted molar refractivity (Wildman–Crippen MR) is 82.5 cm³/mol. The van der Waals surface area contributed by atoms with Gasteiger partial charge in [-0.3, -0.25) is 0 Å². The maximum atomic E-state index is 9.00. The van der Waals surface area contributed by atoms with E-state index in [0.29, 0.717) is 17.3 Å². The van der Waals surface area contributed by atoms with Gasteiger partial charge >= 0.3 is 0 Å². The van der Waals surface area contributed by atoms with Gasteiger partial charge in [0.2, 0.25) is 0 Å². The van der Waals surface area contributed by atoms with Gasteiger partial charge in [0, 0.05) is 12.6 Å². The molecule has 1 N–H and O–H groups in total. The molecule has 0 saturated carbocycles. The maximum absolute atomic E-state index is 9.00. The SMILES string of the molecule is CNc1nc(-c2ccc(CC(C)C)cc2)ccc1C#N. The molecule has 1 heterocycles. The van der Waals surface area contributed by atoms with E-state index in [4.69, 9.17) is 5.26 Å². The van der Waals surface area contributed by atoms with Gasteiger partial charge in [-0.2, -0.15) is 5.26 Å². The van der Waals surface area contributed by atoms with Gasteiger partial charge in [0.15, 0.2) is 0 Å². The first-order valence-corrected chi connectivity index (χ1v) is 6.82. The van der Waals surface area contributed by atoms with Crippen molar-refractivity contribution in [3.63, 3.8) is 0 Å². The molecule has 0 aliphatic rings. The molecule has 1 aromatic heterocycles. The molecule has 0 spiro atoms. The molecule has 3 nitrogen and oxygen atoms in total. The second kappa shape index (κ2) is 6.21. The van der Waals surface area contributed by atoms with Crippen molar-refractivity contribution in [2.45, 2.75) is 20.3 Å². The lowest BCUT2D eigenvalue weighted by atomic mass is 10.0. The van der Waals surface area contributed by atoms with E-state index in [2.05, 4.69) is 54.5 Å². The lowest BCUT2D eigenvalue weighted by molar-refractivity contribution is 0.647. The van der Waals surface area contributed by atoms with Gasteiger partial charge in [-0.1, -0.05) is 38.1 Å². The van der Waals surface area contributed by atoms with Crippen molar-refractivity contribution in [2.24, 2.45) is 5.92 Å². The normalized spacial score (nSPS) is 10.3. The van der Waals surface area contributed by atoms with Crippen LogP contribution in [-0.4, -0.2) is 12.0 Å². The van der Waals surface area contributed by atoms with Crippen LogP contribution in [0.3, 0.4) is 0 Å². The van der Waals surface area contributed by atoms with Crippen LogP contribution in [0.2, 0.25) is 0 Å². The molecular formula is C17H19N3. The highest BCUT2D eigenvalue weighted by atomic mass is 15.0. The van der Waals surface area contributed by atoms with Crippen molar-refractivity contribution < 1.29 is 0 Å². The number of nitriles is 1. The van der Waals surface area contributed by atoms with Gasteiger partial charge in [0.25, 0.3) is 0 Å². The highest BCUT2D eigenvalue weighted by Crippen LogP contribution is 2.22. The first-order chi connectivity index (χ1) is 9.63. The summed E-state index contributed by atoms with van der Waals surface area (Å²) in [6, 6.07) is 14.3. The molecule has 0 amide bonds. The molecule has 0 unspecified atom stereocenters. The van der Waals surface area contributed by atoms with Crippen molar-refractivity contribution in [1.29, 1.82) is 5.26 Å². The third-order valence-electron chi connectivity index (χ3n) is 3.15. The zero-order valence-electron chi connectivity index (χ0n) is 12.1. The quantitative estimate of drug-likeness (QED) is 0.913. The van der Waals surface area contributed by atoms with Gasteiger partial charge < -0.3 is 5.32 Å². The molecule has 20 heavy (non-hydrogen) atoms. The van der Waals surface area contributed by atoms with E-state index in [1.54, 1.807) is 13.1 Å². The first kappa shape index (κ1) is 14.1.